The number of hydrogen-bond acceptors (Lipinski definition) is 5. The van der Waals surface area contributed by atoms with Gasteiger partial charge < -0.3 is 19.4 Å². The molecule has 0 spiro atoms. The lowest BCUT2D eigenvalue weighted by Gasteiger charge is -2.37. The van der Waals surface area contributed by atoms with Gasteiger partial charge in [-0.1, -0.05) is 18.2 Å². The fourth-order valence-electron chi connectivity index (χ4n) is 6.25. The predicted molar refractivity (Wildman–Crippen MR) is 137 cm³/mol. The summed E-state index contributed by atoms with van der Waals surface area (Å²) in [4.78, 5) is 33.0. The minimum absolute atomic E-state index is 0.0179. The van der Waals surface area contributed by atoms with Crippen LogP contribution in [0.4, 0.5) is 5.69 Å². The summed E-state index contributed by atoms with van der Waals surface area (Å²) in [5.41, 5.74) is 5.45. The van der Waals surface area contributed by atoms with E-state index < -0.39 is 0 Å². The van der Waals surface area contributed by atoms with Crippen molar-refractivity contribution in [3.8, 4) is 0 Å². The summed E-state index contributed by atoms with van der Waals surface area (Å²) in [6, 6.07) is 8.75. The SMILES string of the molecule is C[C@@H]1CN(C(=O)c2nn(CC(=O)N3CCN(c4ccccc4C4CC4)CC3)c3c2CCC3)C[C@H](C)O1. The average molecular weight is 492 g/mol. The third kappa shape index (κ3) is 4.51. The van der Waals surface area contributed by atoms with Gasteiger partial charge in [-0.3, -0.25) is 14.3 Å². The van der Waals surface area contributed by atoms with Crippen molar-refractivity contribution in [2.75, 3.05) is 44.2 Å². The Labute approximate surface area is 213 Å². The van der Waals surface area contributed by atoms with Gasteiger partial charge in [0.25, 0.3) is 5.91 Å². The van der Waals surface area contributed by atoms with Crippen molar-refractivity contribution in [1.82, 2.24) is 19.6 Å². The van der Waals surface area contributed by atoms with Crippen LogP contribution in [0.3, 0.4) is 0 Å². The van der Waals surface area contributed by atoms with Gasteiger partial charge in [-0.15, -0.1) is 0 Å². The molecule has 1 aromatic carbocycles. The number of anilines is 1. The predicted octanol–water partition coefficient (Wildman–Crippen LogP) is 2.85. The summed E-state index contributed by atoms with van der Waals surface area (Å²) >= 11 is 0. The van der Waals surface area contributed by atoms with Crippen molar-refractivity contribution in [1.29, 1.82) is 0 Å². The molecule has 6 rings (SSSR count). The maximum atomic E-state index is 13.4. The first-order valence-electron chi connectivity index (χ1n) is 13.6. The molecule has 2 aliphatic heterocycles. The zero-order valence-electron chi connectivity index (χ0n) is 21.5. The highest BCUT2D eigenvalue weighted by atomic mass is 16.5. The van der Waals surface area contributed by atoms with E-state index in [0.717, 1.165) is 56.7 Å². The highest BCUT2D eigenvalue weighted by Gasteiger charge is 2.34. The highest BCUT2D eigenvalue weighted by molar-refractivity contribution is 5.94. The summed E-state index contributed by atoms with van der Waals surface area (Å²) < 4.78 is 7.62. The van der Waals surface area contributed by atoms with Crippen LogP contribution in [0.25, 0.3) is 0 Å². The zero-order valence-corrected chi connectivity index (χ0v) is 21.5. The van der Waals surface area contributed by atoms with E-state index in [2.05, 4.69) is 29.2 Å². The van der Waals surface area contributed by atoms with Crippen LogP contribution in [-0.4, -0.2) is 82.9 Å². The lowest BCUT2D eigenvalue weighted by Crippen LogP contribution is -2.50. The Morgan fingerprint density at radius 1 is 0.972 bits per heavy atom. The van der Waals surface area contributed by atoms with Crippen LogP contribution in [-0.2, 0) is 28.9 Å². The Morgan fingerprint density at radius 2 is 1.69 bits per heavy atom. The second-order valence-corrected chi connectivity index (χ2v) is 11.0. The topological polar surface area (TPSA) is 70.9 Å². The standard InChI is InChI=1S/C28H37N5O3/c1-19-16-32(17-20(2)36-19)28(35)27-23-7-5-9-25(23)33(29-27)18-26(34)31-14-12-30(13-15-31)24-8-4-3-6-22(24)21-10-11-21/h3-4,6,8,19-21H,5,7,9-18H2,1-2H3/t19-,20+. The third-order valence-electron chi connectivity index (χ3n) is 8.13. The second kappa shape index (κ2) is 9.54. The summed E-state index contributed by atoms with van der Waals surface area (Å²) in [6.45, 7) is 8.52. The summed E-state index contributed by atoms with van der Waals surface area (Å²) in [5, 5.41) is 4.72. The molecule has 1 aromatic heterocycles. The number of carbonyl (C=O) groups excluding carboxylic acids is 2. The minimum atomic E-state index is -0.0238. The van der Waals surface area contributed by atoms with Crippen molar-refractivity contribution < 1.29 is 14.3 Å². The number of hydrogen-bond donors (Lipinski definition) is 0. The molecule has 3 fully saturated rings. The molecule has 0 unspecified atom stereocenters. The van der Waals surface area contributed by atoms with Gasteiger partial charge in [-0.2, -0.15) is 5.10 Å². The zero-order chi connectivity index (χ0) is 24.8. The number of ether oxygens (including phenoxy) is 1. The van der Waals surface area contributed by atoms with Crippen molar-refractivity contribution in [3.05, 3.63) is 46.8 Å². The second-order valence-electron chi connectivity index (χ2n) is 11.0. The molecule has 2 saturated heterocycles. The summed E-state index contributed by atoms with van der Waals surface area (Å²) in [5.74, 6) is 0.780. The number of rotatable bonds is 5. The number of amides is 2. The van der Waals surface area contributed by atoms with Gasteiger partial charge in [0.15, 0.2) is 5.69 Å². The van der Waals surface area contributed by atoms with Crippen LogP contribution in [0, 0.1) is 0 Å². The van der Waals surface area contributed by atoms with E-state index in [1.54, 1.807) is 0 Å². The van der Waals surface area contributed by atoms with Gasteiger partial charge in [-0.05, 0) is 63.5 Å². The highest BCUT2D eigenvalue weighted by Crippen LogP contribution is 2.44. The number of nitrogens with zero attached hydrogens (tertiary/aromatic N) is 5. The molecule has 2 aliphatic carbocycles. The number of aromatic nitrogens is 2. The van der Waals surface area contributed by atoms with E-state index in [1.807, 2.05) is 28.3 Å². The number of piperazine rings is 1. The van der Waals surface area contributed by atoms with Crippen LogP contribution in [0.15, 0.2) is 24.3 Å². The molecule has 8 nitrogen and oxygen atoms in total. The Kier molecular flexibility index (Phi) is 6.23. The molecule has 2 aromatic rings. The molecule has 2 atom stereocenters. The van der Waals surface area contributed by atoms with Gasteiger partial charge in [0, 0.05) is 56.2 Å². The summed E-state index contributed by atoms with van der Waals surface area (Å²) in [7, 11) is 0. The molecule has 8 heteroatoms. The minimum Gasteiger partial charge on any atom is -0.372 e. The molecule has 1 saturated carbocycles. The molecule has 3 heterocycles. The van der Waals surface area contributed by atoms with Crippen LogP contribution in [0.5, 0.6) is 0 Å². The first-order valence-corrected chi connectivity index (χ1v) is 13.6. The molecule has 0 N–H and O–H groups in total. The molecule has 4 aliphatic rings. The normalized spacial score (nSPS) is 24.2. The van der Waals surface area contributed by atoms with Gasteiger partial charge in [-0.25, -0.2) is 0 Å². The molecule has 192 valence electrons. The lowest BCUT2D eigenvalue weighted by atomic mass is 10.1. The fourth-order valence-corrected chi connectivity index (χ4v) is 6.25. The van der Waals surface area contributed by atoms with Crippen molar-refractivity contribution in [2.45, 2.75) is 70.6 Å². The first kappa shape index (κ1) is 23.5. The Morgan fingerprint density at radius 3 is 2.42 bits per heavy atom. The Bertz CT molecular complexity index is 1140. The molecule has 0 bridgehead atoms. The first-order chi connectivity index (χ1) is 17.5. The maximum absolute atomic E-state index is 13.4. The Hall–Kier alpha value is -2.87. The van der Waals surface area contributed by atoms with Crippen molar-refractivity contribution in [3.63, 3.8) is 0 Å². The summed E-state index contributed by atoms with van der Waals surface area (Å²) in [6.07, 6.45) is 5.36. The largest absolute Gasteiger partial charge is 0.372 e. The molecular weight excluding hydrogens is 454 g/mol. The number of morpholine rings is 1. The molecule has 36 heavy (non-hydrogen) atoms. The number of carbonyl (C=O) groups is 2. The average Bonchev–Trinajstić information content (AvgIpc) is 3.52. The molecular formula is C28H37N5O3. The number of para-hydroxylation sites is 1. The van der Waals surface area contributed by atoms with E-state index in [4.69, 9.17) is 9.84 Å². The fraction of sp³-hybridized carbons (Fsp3) is 0.607. The third-order valence-corrected chi connectivity index (χ3v) is 8.13. The van der Waals surface area contributed by atoms with Gasteiger partial charge in [0.2, 0.25) is 5.91 Å². The number of fused-ring (bicyclic) bond motifs is 1. The van der Waals surface area contributed by atoms with Crippen LogP contribution in [0.2, 0.25) is 0 Å². The van der Waals surface area contributed by atoms with E-state index in [1.165, 1.54) is 24.1 Å². The van der Waals surface area contributed by atoms with E-state index >= 15 is 0 Å². The van der Waals surface area contributed by atoms with Crippen LogP contribution < -0.4 is 4.90 Å². The van der Waals surface area contributed by atoms with Crippen LogP contribution >= 0.6 is 0 Å². The van der Waals surface area contributed by atoms with Gasteiger partial charge in [0.1, 0.15) is 6.54 Å². The molecule has 0 radical (unpaired) electrons. The smallest absolute Gasteiger partial charge is 0.274 e. The van der Waals surface area contributed by atoms with E-state index in [-0.39, 0.29) is 30.6 Å². The van der Waals surface area contributed by atoms with Gasteiger partial charge in [0.05, 0.1) is 12.2 Å². The van der Waals surface area contributed by atoms with E-state index in [0.29, 0.717) is 24.7 Å². The van der Waals surface area contributed by atoms with Gasteiger partial charge >= 0.3 is 0 Å². The quantitative estimate of drug-likeness (QED) is 0.643. The monoisotopic (exact) mass is 491 g/mol. The van der Waals surface area contributed by atoms with Crippen LogP contribution in [0.1, 0.15) is 66.3 Å². The maximum Gasteiger partial charge on any atom is 0.274 e. The number of benzene rings is 1. The Balaban J connectivity index is 1.12. The van der Waals surface area contributed by atoms with E-state index in [9.17, 15) is 9.59 Å². The van der Waals surface area contributed by atoms with Crippen molar-refractivity contribution >= 4 is 17.5 Å². The molecule has 2 amide bonds. The lowest BCUT2D eigenvalue weighted by molar-refractivity contribution is -0.132. The van der Waals surface area contributed by atoms with Crippen molar-refractivity contribution in [2.24, 2.45) is 0 Å².